The summed E-state index contributed by atoms with van der Waals surface area (Å²) in [6.45, 7) is 8.75. The molecule has 4 nitrogen and oxygen atoms in total. The lowest BCUT2D eigenvalue weighted by molar-refractivity contribution is 0.0812. The fourth-order valence-electron chi connectivity index (χ4n) is 2.78. The zero-order chi connectivity index (χ0) is 14.8. The van der Waals surface area contributed by atoms with Gasteiger partial charge in [0.1, 0.15) is 5.75 Å². The molecule has 0 aliphatic carbocycles. The SMILES string of the molecule is COc1ccc(C(C)(N)C(C)N2CCN(C)CC2)cc1. The maximum Gasteiger partial charge on any atom is 0.118 e. The summed E-state index contributed by atoms with van der Waals surface area (Å²) in [5.41, 5.74) is 7.44. The van der Waals surface area contributed by atoms with Gasteiger partial charge in [-0.2, -0.15) is 0 Å². The van der Waals surface area contributed by atoms with E-state index in [0.29, 0.717) is 6.04 Å². The molecular formula is C16H27N3O. The number of methoxy groups -OCH3 is 1. The fraction of sp³-hybridized carbons (Fsp3) is 0.625. The van der Waals surface area contributed by atoms with Gasteiger partial charge < -0.3 is 15.4 Å². The number of hydrogen-bond acceptors (Lipinski definition) is 4. The van der Waals surface area contributed by atoms with E-state index in [4.69, 9.17) is 10.5 Å². The molecule has 1 aliphatic rings. The fourth-order valence-corrected chi connectivity index (χ4v) is 2.78. The molecule has 1 heterocycles. The van der Waals surface area contributed by atoms with Crippen molar-refractivity contribution in [1.29, 1.82) is 0 Å². The summed E-state index contributed by atoms with van der Waals surface area (Å²) < 4.78 is 5.21. The molecule has 1 saturated heterocycles. The monoisotopic (exact) mass is 277 g/mol. The molecule has 20 heavy (non-hydrogen) atoms. The van der Waals surface area contributed by atoms with Crippen LogP contribution in [0.1, 0.15) is 19.4 Å². The highest BCUT2D eigenvalue weighted by Gasteiger charge is 2.33. The normalized spacial score (nSPS) is 22.2. The van der Waals surface area contributed by atoms with Crippen LogP contribution in [0.4, 0.5) is 0 Å². The van der Waals surface area contributed by atoms with Crippen LogP contribution in [-0.4, -0.2) is 56.2 Å². The molecule has 1 aromatic rings. The van der Waals surface area contributed by atoms with E-state index < -0.39 is 0 Å². The number of nitrogens with two attached hydrogens (primary N) is 1. The number of likely N-dealkylation sites (N-methyl/N-ethyl adjacent to an activating group) is 1. The molecule has 1 aliphatic heterocycles. The van der Waals surface area contributed by atoms with E-state index in [1.54, 1.807) is 7.11 Å². The van der Waals surface area contributed by atoms with E-state index in [1.807, 2.05) is 12.1 Å². The van der Waals surface area contributed by atoms with E-state index in [-0.39, 0.29) is 5.54 Å². The number of ether oxygens (including phenoxy) is 1. The third-order valence-electron chi connectivity index (χ3n) is 4.67. The molecular weight excluding hydrogens is 250 g/mol. The van der Waals surface area contributed by atoms with Crippen LogP contribution in [-0.2, 0) is 5.54 Å². The van der Waals surface area contributed by atoms with Crippen LogP contribution in [0.5, 0.6) is 5.75 Å². The van der Waals surface area contributed by atoms with Crippen LogP contribution in [0.25, 0.3) is 0 Å². The highest BCUT2D eigenvalue weighted by atomic mass is 16.5. The van der Waals surface area contributed by atoms with Crippen LogP contribution in [0, 0.1) is 0 Å². The largest absolute Gasteiger partial charge is 0.497 e. The first-order valence-corrected chi connectivity index (χ1v) is 7.31. The van der Waals surface area contributed by atoms with Gasteiger partial charge in [0.25, 0.3) is 0 Å². The Bertz CT molecular complexity index is 422. The van der Waals surface area contributed by atoms with Gasteiger partial charge in [-0.05, 0) is 38.6 Å². The Balaban J connectivity index is 2.11. The molecule has 0 bridgehead atoms. The first-order chi connectivity index (χ1) is 9.45. The van der Waals surface area contributed by atoms with Gasteiger partial charge in [0.05, 0.1) is 12.6 Å². The van der Waals surface area contributed by atoms with Crippen LogP contribution in [0.15, 0.2) is 24.3 Å². The molecule has 1 fully saturated rings. The standard InChI is InChI=1S/C16H27N3O/c1-13(19-11-9-18(3)10-12-19)16(2,17)14-5-7-15(20-4)8-6-14/h5-8,13H,9-12,17H2,1-4H3. The van der Waals surface area contributed by atoms with Crippen LogP contribution < -0.4 is 10.5 Å². The molecule has 0 aromatic heterocycles. The average Bonchev–Trinajstić information content (AvgIpc) is 2.47. The zero-order valence-electron chi connectivity index (χ0n) is 13.1. The summed E-state index contributed by atoms with van der Waals surface area (Å²) in [4.78, 5) is 4.86. The second-order valence-electron chi connectivity index (χ2n) is 6.03. The van der Waals surface area contributed by atoms with Crippen molar-refractivity contribution in [3.63, 3.8) is 0 Å². The quantitative estimate of drug-likeness (QED) is 0.906. The molecule has 1 aromatic carbocycles. The predicted molar refractivity (Wildman–Crippen MR) is 83.1 cm³/mol. The summed E-state index contributed by atoms with van der Waals surface area (Å²) in [7, 11) is 3.86. The molecule has 2 rings (SSSR count). The van der Waals surface area contributed by atoms with E-state index in [0.717, 1.165) is 37.5 Å². The predicted octanol–water partition coefficient (Wildman–Crippen LogP) is 1.50. The lowest BCUT2D eigenvalue weighted by atomic mass is 9.85. The summed E-state index contributed by atoms with van der Waals surface area (Å²) in [5.74, 6) is 0.872. The van der Waals surface area contributed by atoms with Crippen LogP contribution in [0.3, 0.4) is 0 Å². The first-order valence-electron chi connectivity index (χ1n) is 7.31. The maximum atomic E-state index is 6.64. The van der Waals surface area contributed by atoms with Crippen molar-refractivity contribution in [1.82, 2.24) is 9.80 Å². The van der Waals surface area contributed by atoms with Crippen LogP contribution >= 0.6 is 0 Å². The zero-order valence-corrected chi connectivity index (χ0v) is 13.1. The number of piperazine rings is 1. The number of nitrogens with zero attached hydrogens (tertiary/aromatic N) is 2. The topological polar surface area (TPSA) is 41.7 Å². The van der Waals surface area contributed by atoms with Gasteiger partial charge >= 0.3 is 0 Å². The van der Waals surface area contributed by atoms with Crippen LogP contribution in [0.2, 0.25) is 0 Å². The summed E-state index contributed by atoms with van der Waals surface area (Å²) in [5, 5.41) is 0. The molecule has 0 radical (unpaired) electrons. The van der Waals surface area contributed by atoms with Crippen molar-refractivity contribution in [2.24, 2.45) is 5.73 Å². The molecule has 2 N–H and O–H groups in total. The van der Waals surface area contributed by atoms with E-state index in [9.17, 15) is 0 Å². The highest BCUT2D eigenvalue weighted by molar-refractivity contribution is 5.32. The van der Waals surface area contributed by atoms with Gasteiger partial charge in [-0.15, -0.1) is 0 Å². The van der Waals surface area contributed by atoms with E-state index in [1.165, 1.54) is 0 Å². The first kappa shape index (κ1) is 15.3. The van der Waals surface area contributed by atoms with Crippen molar-refractivity contribution >= 4 is 0 Å². The molecule has 0 spiro atoms. The van der Waals surface area contributed by atoms with E-state index in [2.05, 4.69) is 42.8 Å². The van der Waals surface area contributed by atoms with E-state index >= 15 is 0 Å². The molecule has 0 amide bonds. The smallest absolute Gasteiger partial charge is 0.118 e. The lowest BCUT2D eigenvalue weighted by Gasteiger charge is -2.43. The summed E-state index contributed by atoms with van der Waals surface area (Å²) in [6.07, 6.45) is 0. The third kappa shape index (κ3) is 3.14. The van der Waals surface area contributed by atoms with Gasteiger partial charge in [-0.3, -0.25) is 4.90 Å². The second-order valence-corrected chi connectivity index (χ2v) is 6.03. The summed E-state index contributed by atoms with van der Waals surface area (Å²) in [6, 6.07) is 8.43. The molecule has 0 saturated carbocycles. The van der Waals surface area contributed by atoms with Crippen molar-refractivity contribution in [3.8, 4) is 5.75 Å². The van der Waals surface area contributed by atoms with Crippen molar-refractivity contribution in [2.45, 2.75) is 25.4 Å². The van der Waals surface area contributed by atoms with Gasteiger partial charge in [0, 0.05) is 32.2 Å². The summed E-state index contributed by atoms with van der Waals surface area (Å²) >= 11 is 0. The Morgan fingerprint density at radius 3 is 2.20 bits per heavy atom. The Morgan fingerprint density at radius 2 is 1.70 bits per heavy atom. The molecule has 2 atom stereocenters. The van der Waals surface area contributed by atoms with Gasteiger partial charge in [0.2, 0.25) is 0 Å². The Labute approximate surface area is 122 Å². The van der Waals surface area contributed by atoms with Crippen molar-refractivity contribution in [3.05, 3.63) is 29.8 Å². The Hall–Kier alpha value is -1.10. The van der Waals surface area contributed by atoms with Gasteiger partial charge in [-0.25, -0.2) is 0 Å². The number of benzene rings is 1. The molecule has 2 unspecified atom stereocenters. The van der Waals surface area contributed by atoms with Gasteiger partial charge in [0.15, 0.2) is 0 Å². The minimum atomic E-state index is -0.359. The number of rotatable bonds is 4. The molecule has 112 valence electrons. The minimum Gasteiger partial charge on any atom is -0.497 e. The van der Waals surface area contributed by atoms with Crippen molar-refractivity contribution < 1.29 is 4.74 Å². The third-order valence-corrected chi connectivity index (χ3v) is 4.67. The number of hydrogen-bond donors (Lipinski definition) is 1. The minimum absolute atomic E-state index is 0.310. The van der Waals surface area contributed by atoms with Crippen molar-refractivity contribution in [2.75, 3.05) is 40.3 Å². The highest BCUT2D eigenvalue weighted by Crippen LogP contribution is 2.27. The Morgan fingerprint density at radius 1 is 1.15 bits per heavy atom. The second kappa shape index (κ2) is 6.12. The average molecular weight is 277 g/mol. The lowest BCUT2D eigenvalue weighted by Crippen LogP contribution is -2.57. The maximum absolute atomic E-state index is 6.64. The molecule has 4 heteroatoms. The Kier molecular flexibility index (Phi) is 4.68. The van der Waals surface area contributed by atoms with Gasteiger partial charge in [-0.1, -0.05) is 12.1 Å².